The summed E-state index contributed by atoms with van der Waals surface area (Å²) < 4.78 is 4.86. The van der Waals surface area contributed by atoms with Crippen molar-refractivity contribution in [3.63, 3.8) is 0 Å². The maximum Gasteiger partial charge on any atom is 0.248 e. The minimum absolute atomic E-state index is 0.00934. The number of hydrogen-bond acceptors (Lipinski definition) is 4. The van der Waals surface area contributed by atoms with Crippen LogP contribution >= 0.6 is 0 Å². The zero-order valence-electron chi connectivity index (χ0n) is 12.4. The highest BCUT2D eigenvalue weighted by Gasteiger charge is 2.31. The summed E-state index contributed by atoms with van der Waals surface area (Å²) in [5.41, 5.74) is 0. The molecule has 2 aliphatic heterocycles. The van der Waals surface area contributed by atoms with Crippen LogP contribution in [0.25, 0.3) is 0 Å². The zero-order valence-corrected chi connectivity index (χ0v) is 12.4. The van der Waals surface area contributed by atoms with Crippen molar-refractivity contribution >= 4 is 11.8 Å². The van der Waals surface area contributed by atoms with Gasteiger partial charge in [0.15, 0.2) is 0 Å². The van der Waals surface area contributed by atoms with Gasteiger partial charge in [0.05, 0.1) is 0 Å². The molecule has 114 valence electrons. The number of carbonyl (C=O) groups excluding carboxylic acids is 2. The Hall–Kier alpha value is -1.14. The van der Waals surface area contributed by atoms with Gasteiger partial charge in [-0.25, -0.2) is 0 Å². The number of methoxy groups -OCH3 is 1. The fourth-order valence-electron chi connectivity index (χ4n) is 3.01. The summed E-state index contributed by atoms with van der Waals surface area (Å²) in [6.07, 6.45) is 1.84. The second kappa shape index (κ2) is 7.04. The first kappa shape index (κ1) is 15.3. The molecule has 2 saturated heterocycles. The maximum absolute atomic E-state index is 12.5. The molecule has 1 N–H and O–H groups in total. The summed E-state index contributed by atoms with van der Waals surface area (Å²) in [6, 6.07) is 0.419. The number of nitrogens with one attached hydrogen (secondary N) is 1. The van der Waals surface area contributed by atoms with Gasteiger partial charge in [0, 0.05) is 45.2 Å². The van der Waals surface area contributed by atoms with Gasteiger partial charge in [0.1, 0.15) is 6.61 Å². The van der Waals surface area contributed by atoms with Crippen LogP contribution in [-0.4, -0.2) is 74.1 Å². The Kier molecular flexibility index (Phi) is 5.37. The topological polar surface area (TPSA) is 61.9 Å². The van der Waals surface area contributed by atoms with E-state index in [9.17, 15) is 9.59 Å². The number of rotatable bonds is 3. The minimum atomic E-state index is 0.00934. The molecule has 0 aromatic rings. The lowest BCUT2D eigenvalue weighted by Gasteiger charge is -2.38. The van der Waals surface area contributed by atoms with Crippen molar-refractivity contribution in [1.82, 2.24) is 15.1 Å². The van der Waals surface area contributed by atoms with Gasteiger partial charge in [-0.2, -0.15) is 0 Å². The molecule has 6 heteroatoms. The fraction of sp³-hybridized carbons (Fsp3) is 0.857. The summed E-state index contributed by atoms with van der Waals surface area (Å²) in [4.78, 5) is 27.9. The van der Waals surface area contributed by atoms with Crippen LogP contribution < -0.4 is 5.32 Å². The average molecular weight is 283 g/mol. The Morgan fingerprint density at radius 1 is 1.20 bits per heavy atom. The van der Waals surface area contributed by atoms with Crippen molar-refractivity contribution in [1.29, 1.82) is 0 Å². The van der Waals surface area contributed by atoms with Crippen molar-refractivity contribution in [2.45, 2.75) is 25.8 Å². The van der Waals surface area contributed by atoms with Crippen molar-refractivity contribution in [2.75, 3.05) is 46.4 Å². The zero-order chi connectivity index (χ0) is 14.5. The van der Waals surface area contributed by atoms with E-state index in [1.54, 1.807) is 4.90 Å². The average Bonchev–Trinajstić information content (AvgIpc) is 2.47. The van der Waals surface area contributed by atoms with Crippen molar-refractivity contribution < 1.29 is 14.3 Å². The van der Waals surface area contributed by atoms with E-state index < -0.39 is 0 Å². The van der Waals surface area contributed by atoms with Crippen LogP contribution in [0, 0.1) is 5.92 Å². The van der Waals surface area contributed by atoms with Gasteiger partial charge in [0.2, 0.25) is 11.8 Å². The third kappa shape index (κ3) is 3.70. The van der Waals surface area contributed by atoms with Crippen LogP contribution in [-0.2, 0) is 14.3 Å². The highest BCUT2D eigenvalue weighted by Crippen LogP contribution is 2.19. The third-order valence-corrected chi connectivity index (χ3v) is 4.18. The van der Waals surface area contributed by atoms with Crippen molar-refractivity contribution in [3.8, 4) is 0 Å². The fourth-order valence-corrected chi connectivity index (χ4v) is 3.01. The molecular weight excluding hydrogens is 258 g/mol. The molecule has 0 radical (unpaired) electrons. The molecule has 2 atom stereocenters. The summed E-state index contributed by atoms with van der Waals surface area (Å²) in [6.45, 7) is 5.70. The SMILES string of the molecule is COCC(=O)N1CCN(C(=O)C2CCNC(C)C2)CC1. The third-order valence-electron chi connectivity index (χ3n) is 4.18. The first-order valence-electron chi connectivity index (χ1n) is 7.40. The Balaban J connectivity index is 1.81. The van der Waals surface area contributed by atoms with Gasteiger partial charge in [-0.05, 0) is 26.3 Å². The van der Waals surface area contributed by atoms with Crippen LogP contribution in [0.3, 0.4) is 0 Å². The van der Waals surface area contributed by atoms with Gasteiger partial charge in [-0.15, -0.1) is 0 Å². The molecule has 2 heterocycles. The van der Waals surface area contributed by atoms with Crippen LogP contribution in [0.1, 0.15) is 19.8 Å². The van der Waals surface area contributed by atoms with E-state index in [0.717, 1.165) is 19.4 Å². The standard InChI is InChI=1S/C14H25N3O3/c1-11-9-12(3-4-15-11)14(19)17-7-5-16(6-8-17)13(18)10-20-2/h11-12,15H,3-10H2,1-2H3. The highest BCUT2D eigenvalue weighted by molar-refractivity contribution is 5.80. The molecule has 20 heavy (non-hydrogen) atoms. The number of nitrogens with zero attached hydrogens (tertiary/aromatic N) is 2. The number of ether oxygens (including phenoxy) is 1. The van der Waals surface area contributed by atoms with Crippen LogP contribution in [0.15, 0.2) is 0 Å². The van der Waals surface area contributed by atoms with E-state index in [4.69, 9.17) is 4.74 Å². The lowest BCUT2D eigenvalue weighted by Crippen LogP contribution is -2.53. The molecule has 2 amide bonds. The van der Waals surface area contributed by atoms with Gasteiger partial charge in [0.25, 0.3) is 0 Å². The van der Waals surface area contributed by atoms with Crippen molar-refractivity contribution in [2.24, 2.45) is 5.92 Å². The van der Waals surface area contributed by atoms with E-state index in [1.807, 2.05) is 4.90 Å². The van der Waals surface area contributed by atoms with Gasteiger partial charge < -0.3 is 19.9 Å². The smallest absolute Gasteiger partial charge is 0.248 e. The van der Waals surface area contributed by atoms with E-state index in [1.165, 1.54) is 7.11 Å². The molecule has 0 aromatic carbocycles. The summed E-state index contributed by atoms with van der Waals surface area (Å²) in [5.74, 6) is 0.416. The van der Waals surface area contributed by atoms with Crippen LogP contribution in [0.4, 0.5) is 0 Å². The molecule has 0 aromatic heterocycles. The van der Waals surface area contributed by atoms with Gasteiger partial charge in [-0.3, -0.25) is 9.59 Å². The Bertz CT molecular complexity index is 354. The Morgan fingerprint density at radius 2 is 1.85 bits per heavy atom. The van der Waals surface area contributed by atoms with Crippen LogP contribution in [0.5, 0.6) is 0 Å². The largest absolute Gasteiger partial charge is 0.375 e. The molecule has 6 nitrogen and oxygen atoms in total. The molecule has 2 rings (SSSR count). The van der Waals surface area contributed by atoms with E-state index in [-0.39, 0.29) is 24.3 Å². The lowest BCUT2D eigenvalue weighted by atomic mass is 9.92. The monoisotopic (exact) mass is 283 g/mol. The molecular formula is C14H25N3O3. The molecule has 2 unspecified atom stereocenters. The van der Waals surface area contributed by atoms with Gasteiger partial charge >= 0.3 is 0 Å². The van der Waals surface area contributed by atoms with E-state index >= 15 is 0 Å². The normalized spacial score (nSPS) is 27.5. The second-order valence-electron chi connectivity index (χ2n) is 5.72. The Morgan fingerprint density at radius 3 is 2.45 bits per heavy atom. The quantitative estimate of drug-likeness (QED) is 0.772. The first-order valence-corrected chi connectivity index (χ1v) is 7.40. The summed E-state index contributed by atoms with van der Waals surface area (Å²) in [7, 11) is 1.52. The summed E-state index contributed by atoms with van der Waals surface area (Å²) >= 11 is 0. The molecule has 2 aliphatic rings. The second-order valence-corrected chi connectivity index (χ2v) is 5.72. The minimum Gasteiger partial charge on any atom is -0.375 e. The summed E-state index contributed by atoms with van der Waals surface area (Å²) in [5, 5.41) is 3.37. The van der Waals surface area contributed by atoms with Crippen molar-refractivity contribution in [3.05, 3.63) is 0 Å². The van der Waals surface area contributed by atoms with Crippen LogP contribution in [0.2, 0.25) is 0 Å². The predicted molar refractivity (Wildman–Crippen MR) is 75.2 cm³/mol. The number of piperazine rings is 1. The molecule has 0 bridgehead atoms. The first-order chi connectivity index (χ1) is 9.61. The maximum atomic E-state index is 12.5. The van der Waals surface area contributed by atoms with Gasteiger partial charge in [-0.1, -0.05) is 0 Å². The van der Waals surface area contributed by atoms with E-state index in [2.05, 4.69) is 12.2 Å². The Labute approximate surface area is 120 Å². The molecule has 0 saturated carbocycles. The number of piperidine rings is 1. The molecule has 2 fully saturated rings. The predicted octanol–water partition coefficient (Wildman–Crippen LogP) is -0.308. The molecule has 0 aliphatic carbocycles. The van der Waals surface area contributed by atoms with E-state index in [0.29, 0.717) is 32.2 Å². The highest BCUT2D eigenvalue weighted by atomic mass is 16.5. The lowest BCUT2D eigenvalue weighted by molar-refractivity contribution is -0.144. The number of hydrogen-bond donors (Lipinski definition) is 1. The number of carbonyl (C=O) groups is 2. The number of amides is 2. The molecule has 0 spiro atoms.